The van der Waals surface area contributed by atoms with E-state index in [0.717, 1.165) is 11.3 Å². The van der Waals surface area contributed by atoms with E-state index in [0.29, 0.717) is 22.0 Å². The zero-order chi connectivity index (χ0) is 20.8. The molecular weight excluding hydrogens is 425 g/mol. The highest BCUT2D eigenvalue weighted by atomic mass is 35.5. The first-order valence-corrected chi connectivity index (χ1v) is 9.98. The fraction of sp³-hybridized carbons (Fsp3) is 0.150. The summed E-state index contributed by atoms with van der Waals surface area (Å²) in [5.41, 5.74) is 2.47. The zero-order valence-electron chi connectivity index (χ0n) is 15.2. The van der Waals surface area contributed by atoms with E-state index in [-0.39, 0.29) is 10.7 Å². The second kappa shape index (κ2) is 7.35. The minimum absolute atomic E-state index is 0.0438. The average Bonchev–Trinajstić information content (AvgIpc) is 3.08. The third kappa shape index (κ3) is 3.70. The zero-order valence-corrected chi connectivity index (χ0v) is 16.8. The van der Waals surface area contributed by atoms with Gasteiger partial charge < -0.3 is 13.5 Å². The molecule has 9 heteroatoms. The summed E-state index contributed by atoms with van der Waals surface area (Å²) in [7, 11) is 0. The van der Waals surface area contributed by atoms with Crippen LogP contribution in [-0.4, -0.2) is 22.2 Å². The number of rotatable bonds is 4. The molecule has 2 aromatic heterocycles. The number of pyridine rings is 1. The van der Waals surface area contributed by atoms with Crippen molar-refractivity contribution in [1.82, 2.24) is 9.55 Å². The highest BCUT2D eigenvalue weighted by molar-refractivity contribution is 7.94. The van der Waals surface area contributed by atoms with Gasteiger partial charge in [0.25, 0.3) is 0 Å². The number of fused-ring (bicyclic) bond motifs is 3. The van der Waals surface area contributed by atoms with Crippen LogP contribution in [-0.2, 0) is 0 Å². The number of aryl methyl sites for hydroxylation is 1. The van der Waals surface area contributed by atoms with Gasteiger partial charge in [-0.15, -0.1) is 13.2 Å². The number of benzene rings is 2. The lowest BCUT2D eigenvalue weighted by atomic mass is 10.1. The van der Waals surface area contributed by atoms with Gasteiger partial charge in [0.2, 0.25) is 0 Å². The van der Waals surface area contributed by atoms with Gasteiger partial charge in [-0.3, -0.25) is 0 Å². The van der Waals surface area contributed by atoms with Crippen LogP contribution < -0.4 is 8.92 Å². The summed E-state index contributed by atoms with van der Waals surface area (Å²) in [5, 5.41) is 1.23. The van der Waals surface area contributed by atoms with Crippen molar-refractivity contribution in [3.8, 4) is 17.2 Å². The van der Waals surface area contributed by atoms with E-state index in [2.05, 4.69) is 9.72 Å². The van der Waals surface area contributed by atoms with Gasteiger partial charge in [-0.1, -0.05) is 23.7 Å². The number of para-hydroxylation sites is 1. The van der Waals surface area contributed by atoms with Gasteiger partial charge in [-0.05, 0) is 42.8 Å². The molecule has 2 aromatic carbocycles. The normalized spacial score (nSPS) is 11.9. The summed E-state index contributed by atoms with van der Waals surface area (Å²) in [6.07, 6.45) is -1.19. The Morgan fingerprint density at radius 1 is 1.10 bits per heavy atom. The van der Waals surface area contributed by atoms with Crippen LogP contribution in [0, 0.1) is 6.92 Å². The molecule has 0 bridgehead atoms. The summed E-state index contributed by atoms with van der Waals surface area (Å²) in [6.45, 7) is 1.93. The first-order valence-electron chi connectivity index (χ1n) is 8.45. The van der Waals surface area contributed by atoms with E-state index in [1.807, 2.05) is 42.1 Å². The molecule has 4 aromatic rings. The molecule has 0 aliphatic heterocycles. The molecule has 0 aliphatic rings. The Kier molecular flexibility index (Phi) is 5.00. The summed E-state index contributed by atoms with van der Waals surface area (Å²) >= 11 is 7.54. The maximum absolute atomic E-state index is 12.8. The average molecular weight is 439 g/mol. The van der Waals surface area contributed by atoms with Crippen molar-refractivity contribution in [2.45, 2.75) is 13.3 Å². The Hall–Kier alpha value is -2.58. The van der Waals surface area contributed by atoms with Crippen LogP contribution in [0.4, 0.5) is 13.2 Å². The van der Waals surface area contributed by atoms with Gasteiger partial charge in [-0.25, -0.2) is 4.98 Å². The molecule has 4 nitrogen and oxygen atoms in total. The number of hydrogen-bond acceptors (Lipinski definition) is 4. The predicted molar refractivity (Wildman–Crippen MR) is 109 cm³/mol. The molecule has 150 valence electrons. The van der Waals surface area contributed by atoms with E-state index in [1.165, 1.54) is 24.2 Å². The number of halogens is 4. The van der Waals surface area contributed by atoms with Gasteiger partial charge in [0.05, 0.1) is 17.6 Å². The van der Waals surface area contributed by atoms with Gasteiger partial charge in [-0.2, -0.15) is 0 Å². The molecule has 0 saturated carbocycles. The second-order valence-electron chi connectivity index (χ2n) is 6.25. The van der Waals surface area contributed by atoms with Gasteiger partial charge in [0, 0.05) is 28.9 Å². The van der Waals surface area contributed by atoms with Gasteiger partial charge in [0.15, 0.2) is 5.75 Å². The van der Waals surface area contributed by atoms with Crippen molar-refractivity contribution in [2.24, 2.45) is 0 Å². The fourth-order valence-electron chi connectivity index (χ4n) is 3.31. The minimum atomic E-state index is -4.83. The lowest BCUT2D eigenvalue weighted by Gasteiger charge is -2.14. The summed E-state index contributed by atoms with van der Waals surface area (Å²) in [5.74, 6) is 0.313. The minimum Gasteiger partial charge on any atom is -0.426 e. The fourth-order valence-corrected chi connectivity index (χ4v) is 3.85. The van der Waals surface area contributed by atoms with Crippen LogP contribution in [0.3, 0.4) is 0 Å². The van der Waals surface area contributed by atoms with Crippen molar-refractivity contribution >= 4 is 45.4 Å². The lowest BCUT2D eigenvalue weighted by molar-refractivity contribution is -0.274. The summed E-state index contributed by atoms with van der Waals surface area (Å²) in [6, 6.07) is 11.8. The summed E-state index contributed by atoms with van der Waals surface area (Å²) in [4.78, 5) is 4.16. The largest absolute Gasteiger partial charge is 0.573 e. The molecule has 0 spiro atoms. The predicted octanol–water partition coefficient (Wildman–Crippen LogP) is 6.70. The van der Waals surface area contributed by atoms with Crippen molar-refractivity contribution in [1.29, 1.82) is 0 Å². The molecule has 4 rings (SSSR count). The molecule has 0 amide bonds. The van der Waals surface area contributed by atoms with E-state index in [9.17, 15) is 13.2 Å². The smallest absolute Gasteiger partial charge is 0.426 e. The molecule has 0 fully saturated rings. The Labute approximate surface area is 173 Å². The molecule has 0 saturated heterocycles. The quantitative estimate of drug-likeness (QED) is 0.262. The molecule has 0 aliphatic carbocycles. The molecular formula is C20H14ClF3N2O2S. The van der Waals surface area contributed by atoms with E-state index < -0.39 is 12.1 Å². The molecule has 0 atom stereocenters. The third-order valence-corrected chi connectivity index (χ3v) is 5.05. The number of hydrogen-bond donors (Lipinski definition) is 0. The first-order chi connectivity index (χ1) is 13.8. The standard InChI is InChI=1S/C20H14ClF3N2O2S/c1-11-10-12(28-29-2)6-7-15(11)26-9-8-14-18(26)13-4-3-5-16(27-20(22,23)24)17(13)25-19(14)21/h3-10H,1-2H3. The Bertz CT molecular complexity index is 1220. The topological polar surface area (TPSA) is 36.3 Å². The van der Waals surface area contributed by atoms with Gasteiger partial charge in [0.1, 0.15) is 16.4 Å². The third-order valence-electron chi connectivity index (χ3n) is 4.41. The number of aromatic nitrogens is 2. The second-order valence-corrected chi connectivity index (χ2v) is 7.11. The lowest BCUT2D eigenvalue weighted by Crippen LogP contribution is -2.17. The molecule has 0 unspecified atom stereocenters. The maximum atomic E-state index is 12.8. The number of alkyl halides is 3. The van der Waals surface area contributed by atoms with Crippen molar-refractivity contribution in [3.63, 3.8) is 0 Å². The van der Waals surface area contributed by atoms with Crippen LogP contribution in [0.5, 0.6) is 11.5 Å². The van der Waals surface area contributed by atoms with Crippen molar-refractivity contribution in [3.05, 3.63) is 59.4 Å². The SMILES string of the molecule is CSOc1ccc(-n2ccc3c(Cl)nc4c(OC(F)(F)F)cccc4c32)c(C)c1. The van der Waals surface area contributed by atoms with Crippen LogP contribution in [0.25, 0.3) is 27.5 Å². The first kappa shape index (κ1) is 19.7. The molecule has 0 radical (unpaired) electrons. The highest BCUT2D eigenvalue weighted by Gasteiger charge is 2.32. The van der Waals surface area contributed by atoms with E-state index >= 15 is 0 Å². The molecule has 29 heavy (non-hydrogen) atoms. The van der Waals surface area contributed by atoms with Crippen LogP contribution in [0.2, 0.25) is 5.15 Å². The summed E-state index contributed by atoms with van der Waals surface area (Å²) < 4.78 is 49.9. The Balaban J connectivity index is 1.98. The number of nitrogens with zero attached hydrogens (tertiary/aromatic N) is 2. The maximum Gasteiger partial charge on any atom is 0.573 e. The van der Waals surface area contributed by atoms with Crippen LogP contribution in [0.15, 0.2) is 48.7 Å². The Morgan fingerprint density at radius 3 is 2.59 bits per heavy atom. The Morgan fingerprint density at radius 2 is 1.90 bits per heavy atom. The van der Waals surface area contributed by atoms with E-state index in [1.54, 1.807) is 12.1 Å². The monoisotopic (exact) mass is 438 g/mol. The highest BCUT2D eigenvalue weighted by Crippen LogP contribution is 2.38. The molecule has 2 heterocycles. The van der Waals surface area contributed by atoms with Crippen molar-refractivity contribution in [2.75, 3.05) is 6.26 Å². The van der Waals surface area contributed by atoms with Crippen molar-refractivity contribution < 1.29 is 22.1 Å². The van der Waals surface area contributed by atoms with Gasteiger partial charge >= 0.3 is 6.36 Å². The number of ether oxygens (including phenoxy) is 1. The molecule has 0 N–H and O–H groups in total. The van der Waals surface area contributed by atoms with Crippen LogP contribution in [0.1, 0.15) is 5.56 Å². The van der Waals surface area contributed by atoms with E-state index in [4.69, 9.17) is 15.8 Å². The van der Waals surface area contributed by atoms with Crippen LogP contribution >= 0.6 is 23.6 Å².